The molecule has 2 aromatic rings. The number of hydrogen-bond donors (Lipinski definition) is 1. The highest BCUT2D eigenvalue weighted by Gasteiger charge is 2.02. The van der Waals surface area contributed by atoms with E-state index in [1.165, 1.54) is 12.1 Å². The van der Waals surface area contributed by atoms with Crippen molar-refractivity contribution in [3.8, 4) is 11.3 Å². The molecule has 0 aliphatic heterocycles. The Labute approximate surface area is 86.8 Å². The summed E-state index contributed by atoms with van der Waals surface area (Å²) >= 11 is 0. The maximum absolute atomic E-state index is 12.7. The van der Waals surface area contributed by atoms with E-state index in [0.717, 1.165) is 11.3 Å². The third kappa shape index (κ3) is 2.10. The Morgan fingerprint density at radius 3 is 2.40 bits per heavy atom. The van der Waals surface area contributed by atoms with Gasteiger partial charge in [-0.2, -0.15) is 0 Å². The topological polar surface area (TPSA) is 51.8 Å². The summed E-state index contributed by atoms with van der Waals surface area (Å²) in [6, 6.07) is 7.92. The number of benzene rings is 1. The molecule has 3 nitrogen and oxygen atoms in total. The van der Waals surface area contributed by atoms with Crippen LogP contribution >= 0.6 is 0 Å². The van der Waals surface area contributed by atoms with E-state index in [2.05, 4.69) is 9.97 Å². The lowest BCUT2D eigenvalue weighted by atomic mass is 10.1. The van der Waals surface area contributed by atoms with E-state index < -0.39 is 0 Å². The van der Waals surface area contributed by atoms with Gasteiger partial charge in [0.15, 0.2) is 0 Å². The Kier molecular flexibility index (Phi) is 2.33. The van der Waals surface area contributed by atoms with Crippen molar-refractivity contribution in [1.29, 1.82) is 0 Å². The second-order valence-electron chi connectivity index (χ2n) is 3.26. The fraction of sp³-hybridized carbons (Fsp3) is 0.0909. The van der Waals surface area contributed by atoms with Crippen LogP contribution in [0.4, 0.5) is 10.3 Å². The average molecular weight is 203 g/mol. The molecule has 4 heteroatoms. The highest BCUT2D eigenvalue weighted by atomic mass is 19.1. The van der Waals surface area contributed by atoms with Crippen molar-refractivity contribution in [1.82, 2.24) is 9.97 Å². The number of halogens is 1. The minimum atomic E-state index is -0.266. The molecule has 1 aromatic heterocycles. The smallest absolute Gasteiger partial charge is 0.220 e. The molecule has 0 saturated carbocycles. The molecule has 1 aromatic carbocycles. The molecule has 2 rings (SSSR count). The summed E-state index contributed by atoms with van der Waals surface area (Å²) in [6.45, 7) is 1.84. The summed E-state index contributed by atoms with van der Waals surface area (Å²) in [5.74, 6) is -0.0353. The lowest BCUT2D eigenvalue weighted by Gasteiger charge is -2.02. The molecule has 0 radical (unpaired) electrons. The largest absolute Gasteiger partial charge is 0.368 e. The van der Waals surface area contributed by atoms with Gasteiger partial charge in [0, 0.05) is 11.3 Å². The maximum Gasteiger partial charge on any atom is 0.220 e. The molecule has 0 atom stereocenters. The van der Waals surface area contributed by atoms with Crippen LogP contribution in [0.1, 0.15) is 5.69 Å². The molecule has 0 spiro atoms. The van der Waals surface area contributed by atoms with E-state index in [-0.39, 0.29) is 11.8 Å². The standard InChI is InChI=1S/C11H10FN3/c1-7-6-10(15-11(13)14-7)8-2-4-9(12)5-3-8/h2-6H,1H3,(H2,13,14,15). The molecule has 0 aliphatic rings. The van der Waals surface area contributed by atoms with Gasteiger partial charge in [-0.15, -0.1) is 0 Å². The van der Waals surface area contributed by atoms with Gasteiger partial charge in [0.2, 0.25) is 5.95 Å². The summed E-state index contributed by atoms with van der Waals surface area (Å²) in [6.07, 6.45) is 0. The van der Waals surface area contributed by atoms with E-state index in [1.54, 1.807) is 12.1 Å². The first kappa shape index (κ1) is 9.58. The van der Waals surface area contributed by atoms with Gasteiger partial charge in [0.25, 0.3) is 0 Å². The normalized spacial score (nSPS) is 10.3. The monoisotopic (exact) mass is 203 g/mol. The fourth-order valence-corrected chi connectivity index (χ4v) is 1.36. The van der Waals surface area contributed by atoms with Gasteiger partial charge in [0.05, 0.1) is 5.69 Å². The zero-order valence-corrected chi connectivity index (χ0v) is 8.24. The molecule has 0 bridgehead atoms. The van der Waals surface area contributed by atoms with Gasteiger partial charge in [0.1, 0.15) is 5.82 Å². The average Bonchev–Trinajstić information content (AvgIpc) is 2.17. The first-order valence-electron chi connectivity index (χ1n) is 4.52. The SMILES string of the molecule is Cc1cc(-c2ccc(F)cc2)nc(N)n1. The van der Waals surface area contributed by atoms with Crippen LogP contribution in [0, 0.1) is 12.7 Å². The lowest BCUT2D eigenvalue weighted by molar-refractivity contribution is 0.628. The molecule has 0 saturated heterocycles. The van der Waals surface area contributed by atoms with Crippen LogP contribution in [-0.4, -0.2) is 9.97 Å². The van der Waals surface area contributed by atoms with E-state index in [1.807, 2.05) is 13.0 Å². The van der Waals surface area contributed by atoms with Gasteiger partial charge in [-0.25, -0.2) is 14.4 Å². The summed E-state index contributed by atoms with van der Waals surface area (Å²) in [7, 11) is 0. The fourth-order valence-electron chi connectivity index (χ4n) is 1.36. The Morgan fingerprint density at radius 2 is 1.80 bits per heavy atom. The number of hydrogen-bond acceptors (Lipinski definition) is 3. The molecular weight excluding hydrogens is 193 g/mol. The second-order valence-corrected chi connectivity index (χ2v) is 3.26. The van der Waals surface area contributed by atoms with Gasteiger partial charge < -0.3 is 5.73 Å². The van der Waals surface area contributed by atoms with Crippen molar-refractivity contribution in [3.63, 3.8) is 0 Å². The highest BCUT2D eigenvalue weighted by Crippen LogP contribution is 2.18. The molecule has 0 amide bonds. The molecular formula is C11H10FN3. The summed E-state index contributed by atoms with van der Waals surface area (Å²) < 4.78 is 12.7. The molecule has 0 aliphatic carbocycles. The minimum Gasteiger partial charge on any atom is -0.368 e. The summed E-state index contributed by atoms with van der Waals surface area (Å²) in [5.41, 5.74) is 7.86. The predicted molar refractivity (Wildman–Crippen MR) is 56.6 cm³/mol. The van der Waals surface area contributed by atoms with E-state index in [4.69, 9.17) is 5.73 Å². The maximum atomic E-state index is 12.7. The first-order chi connectivity index (χ1) is 7.15. The van der Waals surface area contributed by atoms with Crippen LogP contribution in [0.15, 0.2) is 30.3 Å². The number of aromatic nitrogens is 2. The second kappa shape index (κ2) is 3.65. The van der Waals surface area contributed by atoms with Crippen LogP contribution in [-0.2, 0) is 0 Å². The van der Waals surface area contributed by atoms with Crippen LogP contribution < -0.4 is 5.73 Å². The molecule has 76 valence electrons. The quantitative estimate of drug-likeness (QED) is 0.772. The third-order valence-corrected chi connectivity index (χ3v) is 2.01. The van der Waals surface area contributed by atoms with Crippen LogP contribution in [0.5, 0.6) is 0 Å². The number of nitrogen functional groups attached to an aromatic ring is 1. The minimum absolute atomic E-state index is 0.231. The molecule has 15 heavy (non-hydrogen) atoms. The van der Waals surface area contributed by atoms with Crippen molar-refractivity contribution < 1.29 is 4.39 Å². The highest BCUT2D eigenvalue weighted by molar-refractivity contribution is 5.60. The van der Waals surface area contributed by atoms with Gasteiger partial charge >= 0.3 is 0 Å². The van der Waals surface area contributed by atoms with Crippen molar-refractivity contribution in [2.75, 3.05) is 5.73 Å². The van der Waals surface area contributed by atoms with E-state index in [0.29, 0.717) is 5.69 Å². The number of nitrogens with zero attached hydrogens (tertiary/aromatic N) is 2. The van der Waals surface area contributed by atoms with E-state index >= 15 is 0 Å². The third-order valence-electron chi connectivity index (χ3n) is 2.01. The molecule has 0 fully saturated rings. The Bertz CT molecular complexity index is 459. The van der Waals surface area contributed by atoms with Crippen molar-refractivity contribution in [2.45, 2.75) is 6.92 Å². The van der Waals surface area contributed by atoms with Gasteiger partial charge in [-0.3, -0.25) is 0 Å². The van der Waals surface area contributed by atoms with Crippen LogP contribution in [0.25, 0.3) is 11.3 Å². The number of anilines is 1. The zero-order chi connectivity index (χ0) is 10.8. The molecule has 0 unspecified atom stereocenters. The summed E-state index contributed by atoms with van der Waals surface area (Å²) in [5, 5.41) is 0. The predicted octanol–water partition coefficient (Wildman–Crippen LogP) is 2.17. The Balaban J connectivity index is 2.49. The Morgan fingerprint density at radius 1 is 1.13 bits per heavy atom. The van der Waals surface area contributed by atoms with Gasteiger partial charge in [-0.05, 0) is 37.3 Å². The van der Waals surface area contributed by atoms with Crippen LogP contribution in [0.3, 0.4) is 0 Å². The van der Waals surface area contributed by atoms with Crippen molar-refractivity contribution in [3.05, 3.63) is 41.8 Å². The molecule has 1 heterocycles. The Hall–Kier alpha value is -1.97. The number of aryl methyl sites for hydroxylation is 1. The molecule has 2 N–H and O–H groups in total. The summed E-state index contributed by atoms with van der Waals surface area (Å²) in [4.78, 5) is 8.05. The van der Waals surface area contributed by atoms with E-state index in [9.17, 15) is 4.39 Å². The first-order valence-corrected chi connectivity index (χ1v) is 4.52. The van der Waals surface area contributed by atoms with Crippen molar-refractivity contribution in [2.24, 2.45) is 0 Å². The number of rotatable bonds is 1. The van der Waals surface area contributed by atoms with Gasteiger partial charge in [-0.1, -0.05) is 0 Å². The number of nitrogens with two attached hydrogens (primary N) is 1. The zero-order valence-electron chi connectivity index (χ0n) is 8.24. The van der Waals surface area contributed by atoms with Crippen molar-refractivity contribution >= 4 is 5.95 Å². The van der Waals surface area contributed by atoms with Crippen LogP contribution in [0.2, 0.25) is 0 Å². The lowest BCUT2D eigenvalue weighted by Crippen LogP contribution is -1.98.